The SMILES string of the molecule is CC(C)C(=O)Oc1cnc(C(C(C)C)N(Cc2ccccc2)C(=O)c2ccccc2)s1. The van der Waals surface area contributed by atoms with Gasteiger partial charge in [0.2, 0.25) is 5.06 Å². The van der Waals surface area contributed by atoms with Crippen LogP contribution in [0.15, 0.2) is 66.9 Å². The van der Waals surface area contributed by atoms with Crippen molar-refractivity contribution in [1.29, 1.82) is 0 Å². The summed E-state index contributed by atoms with van der Waals surface area (Å²) in [4.78, 5) is 31.9. The number of nitrogens with zero attached hydrogens (tertiary/aromatic N) is 2. The van der Waals surface area contributed by atoms with Gasteiger partial charge in [-0.3, -0.25) is 9.59 Å². The molecule has 2 aromatic carbocycles. The highest BCUT2D eigenvalue weighted by molar-refractivity contribution is 7.13. The molecule has 0 saturated carbocycles. The maximum absolute atomic E-state index is 13.6. The lowest BCUT2D eigenvalue weighted by molar-refractivity contribution is -0.137. The minimum atomic E-state index is -0.294. The van der Waals surface area contributed by atoms with Crippen molar-refractivity contribution in [3.63, 3.8) is 0 Å². The number of benzene rings is 2. The van der Waals surface area contributed by atoms with E-state index in [9.17, 15) is 9.59 Å². The molecule has 1 aromatic heterocycles. The predicted molar refractivity (Wildman–Crippen MR) is 123 cm³/mol. The summed E-state index contributed by atoms with van der Waals surface area (Å²) in [5.74, 6) is -0.464. The molecule has 1 atom stereocenters. The van der Waals surface area contributed by atoms with E-state index in [4.69, 9.17) is 4.74 Å². The van der Waals surface area contributed by atoms with Crippen molar-refractivity contribution < 1.29 is 14.3 Å². The van der Waals surface area contributed by atoms with Crippen LogP contribution in [0.2, 0.25) is 0 Å². The average molecular weight is 437 g/mol. The fourth-order valence-electron chi connectivity index (χ4n) is 3.27. The first kappa shape index (κ1) is 22.7. The van der Waals surface area contributed by atoms with E-state index in [0.29, 0.717) is 17.2 Å². The Labute approximate surface area is 187 Å². The van der Waals surface area contributed by atoms with Crippen molar-refractivity contribution in [2.24, 2.45) is 11.8 Å². The monoisotopic (exact) mass is 436 g/mol. The number of carbonyl (C=O) groups excluding carboxylic acids is 2. The minimum absolute atomic E-state index is 0.0564. The fourth-order valence-corrected chi connectivity index (χ4v) is 4.34. The van der Waals surface area contributed by atoms with Gasteiger partial charge in [-0.2, -0.15) is 0 Å². The molecule has 5 nitrogen and oxygen atoms in total. The number of thiazole rings is 1. The third-order valence-corrected chi connectivity index (χ3v) is 5.82. The van der Waals surface area contributed by atoms with Gasteiger partial charge >= 0.3 is 5.97 Å². The topological polar surface area (TPSA) is 59.5 Å². The Morgan fingerprint density at radius 3 is 2.16 bits per heavy atom. The second kappa shape index (κ2) is 10.4. The van der Waals surface area contributed by atoms with Crippen molar-refractivity contribution in [3.05, 3.63) is 83.0 Å². The van der Waals surface area contributed by atoms with Gasteiger partial charge in [0.05, 0.1) is 18.2 Å². The highest BCUT2D eigenvalue weighted by Crippen LogP contribution is 2.36. The molecule has 3 aromatic rings. The zero-order valence-corrected chi connectivity index (χ0v) is 19.1. The van der Waals surface area contributed by atoms with Crippen LogP contribution in [0.4, 0.5) is 0 Å². The smallest absolute Gasteiger partial charge is 0.314 e. The first-order valence-electron chi connectivity index (χ1n) is 10.4. The largest absolute Gasteiger partial charge is 0.413 e. The Kier molecular flexibility index (Phi) is 7.58. The average Bonchev–Trinajstić information content (AvgIpc) is 3.21. The number of rotatable bonds is 8. The Balaban J connectivity index is 1.96. The van der Waals surface area contributed by atoms with Crippen LogP contribution in [0.25, 0.3) is 0 Å². The minimum Gasteiger partial charge on any atom is -0.413 e. The Morgan fingerprint density at radius 2 is 1.58 bits per heavy atom. The molecule has 1 amide bonds. The fraction of sp³-hybridized carbons (Fsp3) is 0.320. The van der Waals surface area contributed by atoms with Crippen molar-refractivity contribution in [1.82, 2.24) is 9.88 Å². The van der Waals surface area contributed by atoms with Crippen LogP contribution in [0.3, 0.4) is 0 Å². The molecule has 0 fully saturated rings. The lowest BCUT2D eigenvalue weighted by atomic mass is 10.0. The molecule has 0 radical (unpaired) electrons. The molecule has 0 saturated heterocycles. The normalized spacial score (nSPS) is 12.1. The van der Waals surface area contributed by atoms with Crippen molar-refractivity contribution in [2.45, 2.75) is 40.3 Å². The molecule has 0 bridgehead atoms. The third-order valence-electron chi connectivity index (χ3n) is 4.87. The number of aromatic nitrogens is 1. The molecule has 31 heavy (non-hydrogen) atoms. The summed E-state index contributed by atoms with van der Waals surface area (Å²) in [6.45, 7) is 8.19. The lowest BCUT2D eigenvalue weighted by Crippen LogP contribution is -2.37. The number of esters is 1. The zero-order valence-electron chi connectivity index (χ0n) is 18.3. The molecular weight excluding hydrogens is 408 g/mol. The maximum atomic E-state index is 13.6. The van der Waals surface area contributed by atoms with Crippen LogP contribution in [-0.4, -0.2) is 21.8 Å². The quantitative estimate of drug-likeness (QED) is 0.422. The standard InChI is InChI=1S/C25H28N2O3S/c1-17(2)22(23-26-15-21(31-23)30-25(29)18(3)4)27(16-19-11-7-5-8-12-19)24(28)20-13-9-6-10-14-20/h5-15,17-18,22H,16H2,1-4H3. The van der Waals surface area contributed by atoms with E-state index in [-0.39, 0.29) is 29.8 Å². The molecular formula is C25H28N2O3S. The summed E-state index contributed by atoms with van der Waals surface area (Å²) in [5, 5.41) is 1.20. The summed E-state index contributed by atoms with van der Waals surface area (Å²) >= 11 is 1.32. The van der Waals surface area contributed by atoms with Crippen LogP contribution < -0.4 is 4.74 Å². The van der Waals surface area contributed by atoms with Gasteiger partial charge in [0.15, 0.2) is 0 Å². The summed E-state index contributed by atoms with van der Waals surface area (Å²) in [5.41, 5.74) is 1.67. The highest BCUT2D eigenvalue weighted by Gasteiger charge is 2.31. The van der Waals surface area contributed by atoms with Crippen LogP contribution in [0, 0.1) is 11.8 Å². The number of carbonyl (C=O) groups is 2. The van der Waals surface area contributed by atoms with Crippen molar-refractivity contribution >= 4 is 23.2 Å². The molecule has 6 heteroatoms. The predicted octanol–water partition coefficient (Wildman–Crippen LogP) is 5.74. The number of hydrogen-bond donors (Lipinski definition) is 0. The summed E-state index contributed by atoms with van der Waals surface area (Å²) in [6.07, 6.45) is 1.57. The molecule has 1 heterocycles. The summed E-state index contributed by atoms with van der Waals surface area (Å²) in [6, 6.07) is 19.0. The van der Waals surface area contributed by atoms with Gasteiger partial charge in [0.25, 0.3) is 5.91 Å². The van der Waals surface area contributed by atoms with Crippen molar-refractivity contribution in [2.75, 3.05) is 0 Å². The van der Waals surface area contributed by atoms with Gasteiger partial charge in [-0.1, -0.05) is 87.6 Å². The van der Waals surface area contributed by atoms with Crippen LogP contribution in [-0.2, 0) is 11.3 Å². The molecule has 0 aliphatic heterocycles. The van der Waals surface area contributed by atoms with Gasteiger partial charge in [-0.15, -0.1) is 0 Å². The Bertz CT molecular complexity index is 1000. The Hall–Kier alpha value is -2.99. The number of hydrogen-bond acceptors (Lipinski definition) is 5. The third kappa shape index (κ3) is 5.79. The van der Waals surface area contributed by atoms with Gasteiger partial charge in [0, 0.05) is 12.1 Å². The van der Waals surface area contributed by atoms with E-state index in [1.54, 1.807) is 20.0 Å². The van der Waals surface area contributed by atoms with Gasteiger partial charge < -0.3 is 9.64 Å². The number of ether oxygens (including phenoxy) is 1. The van der Waals surface area contributed by atoms with Gasteiger partial charge in [-0.05, 0) is 23.6 Å². The van der Waals surface area contributed by atoms with Crippen LogP contribution in [0.1, 0.15) is 54.7 Å². The first-order valence-corrected chi connectivity index (χ1v) is 11.3. The van der Waals surface area contributed by atoms with E-state index in [2.05, 4.69) is 18.8 Å². The summed E-state index contributed by atoms with van der Waals surface area (Å²) < 4.78 is 5.44. The van der Waals surface area contributed by atoms with E-state index in [1.165, 1.54) is 11.3 Å². The van der Waals surface area contributed by atoms with Gasteiger partial charge in [-0.25, -0.2) is 4.98 Å². The second-order valence-corrected chi connectivity index (χ2v) is 9.09. The second-order valence-electron chi connectivity index (χ2n) is 8.07. The van der Waals surface area contributed by atoms with Crippen LogP contribution >= 0.6 is 11.3 Å². The molecule has 0 spiro atoms. The molecule has 0 N–H and O–H groups in total. The molecule has 162 valence electrons. The molecule has 0 aliphatic carbocycles. The highest BCUT2D eigenvalue weighted by atomic mass is 32.1. The molecule has 0 aliphatic rings. The molecule has 1 unspecified atom stereocenters. The number of amides is 1. The van der Waals surface area contributed by atoms with E-state index in [0.717, 1.165) is 10.6 Å². The Morgan fingerprint density at radius 1 is 0.968 bits per heavy atom. The van der Waals surface area contributed by atoms with E-state index in [1.807, 2.05) is 65.6 Å². The van der Waals surface area contributed by atoms with Crippen LogP contribution in [0.5, 0.6) is 5.06 Å². The van der Waals surface area contributed by atoms with E-state index >= 15 is 0 Å². The summed E-state index contributed by atoms with van der Waals surface area (Å²) in [7, 11) is 0. The maximum Gasteiger partial charge on any atom is 0.314 e. The zero-order chi connectivity index (χ0) is 22.4. The van der Waals surface area contributed by atoms with Gasteiger partial charge in [0.1, 0.15) is 5.01 Å². The van der Waals surface area contributed by atoms with E-state index < -0.39 is 0 Å². The lowest BCUT2D eigenvalue weighted by Gasteiger charge is -2.33. The van der Waals surface area contributed by atoms with Crippen molar-refractivity contribution in [3.8, 4) is 5.06 Å². The first-order chi connectivity index (χ1) is 14.9. The molecule has 3 rings (SSSR count).